The number of nitrogens with one attached hydrogen (secondary N) is 1. The number of alkyl halides is 3. The predicted octanol–water partition coefficient (Wildman–Crippen LogP) is 6.51. The molecule has 1 aliphatic rings. The number of ether oxygens (including phenoxy) is 1. The molecule has 0 saturated carbocycles. The highest BCUT2D eigenvalue weighted by Gasteiger charge is 2.31. The van der Waals surface area contributed by atoms with Crippen LogP contribution in [0.5, 0.6) is 11.5 Å². The highest BCUT2D eigenvalue weighted by Crippen LogP contribution is 2.34. The number of aromatic nitrogens is 1. The first-order chi connectivity index (χ1) is 15.7. The molecule has 2 heterocycles. The normalized spacial score (nSPS) is 16.2. The maximum absolute atomic E-state index is 13.1. The predicted molar refractivity (Wildman–Crippen MR) is 123 cm³/mol. The molecule has 1 aromatic heterocycles. The van der Waals surface area contributed by atoms with E-state index >= 15 is 0 Å². The summed E-state index contributed by atoms with van der Waals surface area (Å²) >= 11 is 6.13. The Morgan fingerprint density at radius 1 is 1.12 bits per heavy atom. The fraction of sp³-hybridized carbons (Fsp3) is 0.280. The second-order valence-corrected chi connectivity index (χ2v) is 8.51. The molecular weight excluding hydrogens is 451 g/mol. The lowest BCUT2D eigenvalue weighted by Crippen LogP contribution is -2.41. The van der Waals surface area contributed by atoms with E-state index in [2.05, 4.69) is 47.3 Å². The first kappa shape index (κ1) is 23.1. The molecule has 0 unspecified atom stereocenters. The van der Waals surface area contributed by atoms with Gasteiger partial charge in [0.15, 0.2) is 5.75 Å². The molecule has 0 aliphatic carbocycles. The minimum atomic E-state index is -4.46. The first-order valence-corrected chi connectivity index (χ1v) is 10.9. The number of hydrogen-bond donors (Lipinski definition) is 1. The zero-order valence-corrected chi connectivity index (χ0v) is 19.0. The van der Waals surface area contributed by atoms with Crippen LogP contribution in [0, 0.1) is 13.8 Å². The Hall–Kier alpha value is -3.06. The average molecular weight is 474 g/mol. The number of amidine groups is 1. The van der Waals surface area contributed by atoms with Gasteiger partial charge in [0, 0.05) is 12.6 Å². The molecule has 0 spiro atoms. The fourth-order valence-corrected chi connectivity index (χ4v) is 4.00. The van der Waals surface area contributed by atoms with Crippen LogP contribution in [0.15, 0.2) is 59.7 Å². The van der Waals surface area contributed by atoms with E-state index in [0.717, 1.165) is 25.0 Å². The van der Waals surface area contributed by atoms with E-state index in [1.165, 1.54) is 35.0 Å². The Bertz CT molecular complexity index is 1190. The molecule has 1 N–H and O–H groups in total. The summed E-state index contributed by atoms with van der Waals surface area (Å²) < 4.78 is 45.1. The lowest BCUT2D eigenvalue weighted by molar-refractivity contribution is -0.137. The third-order valence-corrected chi connectivity index (χ3v) is 5.74. The molecule has 1 atom stereocenters. The number of nitrogens with zero attached hydrogens (tertiary/aromatic N) is 2. The van der Waals surface area contributed by atoms with E-state index < -0.39 is 11.7 Å². The molecule has 0 radical (unpaired) electrons. The van der Waals surface area contributed by atoms with Gasteiger partial charge in [0.05, 0.1) is 17.3 Å². The van der Waals surface area contributed by atoms with Crippen LogP contribution in [0.1, 0.15) is 34.2 Å². The molecule has 0 saturated heterocycles. The number of rotatable bonds is 5. The van der Waals surface area contributed by atoms with Crippen LogP contribution < -0.4 is 10.1 Å². The molecule has 4 nitrogen and oxygen atoms in total. The van der Waals surface area contributed by atoms with Crippen LogP contribution in [-0.2, 0) is 12.6 Å². The summed E-state index contributed by atoms with van der Waals surface area (Å²) in [5.74, 6) is 0.915. The molecule has 33 heavy (non-hydrogen) atoms. The van der Waals surface area contributed by atoms with Crippen molar-refractivity contribution in [1.29, 1.82) is 0 Å². The number of pyridine rings is 1. The molecule has 2 aromatic carbocycles. The Morgan fingerprint density at radius 3 is 2.70 bits per heavy atom. The summed E-state index contributed by atoms with van der Waals surface area (Å²) in [4.78, 5) is 8.63. The van der Waals surface area contributed by atoms with Gasteiger partial charge in [-0.15, -0.1) is 0 Å². The molecule has 4 rings (SSSR count). The Morgan fingerprint density at radius 2 is 1.94 bits per heavy atom. The van der Waals surface area contributed by atoms with Gasteiger partial charge in [0.1, 0.15) is 16.7 Å². The molecule has 3 aromatic rings. The Balaban J connectivity index is 1.58. The zero-order valence-electron chi connectivity index (χ0n) is 18.2. The number of halogens is 4. The van der Waals surface area contributed by atoms with Crippen LogP contribution in [0.3, 0.4) is 0 Å². The van der Waals surface area contributed by atoms with Crippen molar-refractivity contribution in [3.05, 3.63) is 87.7 Å². The van der Waals surface area contributed by atoms with Crippen molar-refractivity contribution >= 4 is 17.4 Å². The van der Waals surface area contributed by atoms with Crippen LogP contribution >= 0.6 is 11.6 Å². The third-order valence-electron chi connectivity index (χ3n) is 5.53. The average Bonchev–Trinajstić information content (AvgIpc) is 2.77. The molecule has 172 valence electrons. The summed E-state index contributed by atoms with van der Waals surface area (Å²) in [6, 6.07) is 12.9. The Kier molecular flexibility index (Phi) is 6.61. The van der Waals surface area contributed by atoms with Gasteiger partial charge in [-0.2, -0.15) is 13.2 Å². The van der Waals surface area contributed by atoms with Gasteiger partial charge in [0.25, 0.3) is 0 Å². The summed E-state index contributed by atoms with van der Waals surface area (Å²) in [5.41, 5.74) is 3.48. The standard InChI is InChI=1S/C25H23ClF3N3O/c1-15-6-7-17(16(2)10-15)11-19-8-9-30-24(32-19)21-13-23(26)31-14-22(21)33-20-5-3-4-18(12-20)25(27,28)29/h3-7,10,12-14,19H,8-9,11H2,1-2H3,(H,30,32)/t19-/m0/s1. The Labute approximate surface area is 195 Å². The van der Waals surface area contributed by atoms with Crippen molar-refractivity contribution in [1.82, 2.24) is 10.3 Å². The minimum absolute atomic E-state index is 0.0541. The molecule has 0 amide bonds. The molecule has 8 heteroatoms. The van der Waals surface area contributed by atoms with Crippen molar-refractivity contribution in [2.75, 3.05) is 6.54 Å². The number of aryl methyl sites for hydroxylation is 2. The third kappa shape index (κ3) is 5.66. The van der Waals surface area contributed by atoms with Crippen molar-refractivity contribution < 1.29 is 17.9 Å². The van der Waals surface area contributed by atoms with Gasteiger partial charge in [-0.25, -0.2) is 4.98 Å². The molecule has 0 fully saturated rings. The summed E-state index contributed by atoms with van der Waals surface area (Å²) in [7, 11) is 0. The van der Waals surface area contributed by atoms with E-state index in [-0.39, 0.29) is 22.7 Å². The van der Waals surface area contributed by atoms with E-state index in [0.29, 0.717) is 17.9 Å². The van der Waals surface area contributed by atoms with E-state index in [9.17, 15) is 13.2 Å². The highest BCUT2D eigenvalue weighted by molar-refractivity contribution is 6.29. The largest absolute Gasteiger partial charge is 0.455 e. The van der Waals surface area contributed by atoms with Gasteiger partial charge >= 0.3 is 6.18 Å². The van der Waals surface area contributed by atoms with Crippen LogP contribution in [0.4, 0.5) is 13.2 Å². The van der Waals surface area contributed by atoms with Crippen LogP contribution in [0.2, 0.25) is 5.15 Å². The maximum Gasteiger partial charge on any atom is 0.416 e. The molecular formula is C25H23ClF3N3O. The first-order valence-electron chi connectivity index (χ1n) is 10.6. The van der Waals surface area contributed by atoms with Crippen LogP contribution in [-0.4, -0.2) is 23.4 Å². The maximum atomic E-state index is 13.1. The number of benzene rings is 2. The van der Waals surface area contributed by atoms with Gasteiger partial charge < -0.3 is 10.1 Å². The monoisotopic (exact) mass is 473 g/mol. The lowest BCUT2D eigenvalue weighted by Gasteiger charge is -2.26. The fourth-order valence-electron chi connectivity index (χ4n) is 3.85. The lowest BCUT2D eigenvalue weighted by atomic mass is 9.96. The van der Waals surface area contributed by atoms with Crippen molar-refractivity contribution in [3.63, 3.8) is 0 Å². The van der Waals surface area contributed by atoms with Gasteiger partial charge in [-0.1, -0.05) is 41.4 Å². The number of aliphatic imine (C=N–C) groups is 1. The topological polar surface area (TPSA) is 46.5 Å². The van der Waals surface area contributed by atoms with E-state index in [1.54, 1.807) is 6.07 Å². The summed E-state index contributed by atoms with van der Waals surface area (Å²) in [6.07, 6.45) is -1.38. The highest BCUT2D eigenvalue weighted by atomic mass is 35.5. The SMILES string of the molecule is Cc1ccc(C[C@@H]2CCN=C(c3cc(Cl)ncc3Oc3cccc(C(F)(F)F)c3)N2)c(C)c1. The summed E-state index contributed by atoms with van der Waals surface area (Å²) in [5, 5.41) is 3.69. The summed E-state index contributed by atoms with van der Waals surface area (Å²) in [6.45, 7) is 4.78. The zero-order chi connectivity index (χ0) is 23.6. The van der Waals surface area contributed by atoms with E-state index in [4.69, 9.17) is 16.3 Å². The quantitative estimate of drug-likeness (QED) is 0.429. The second-order valence-electron chi connectivity index (χ2n) is 8.13. The number of hydrogen-bond acceptors (Lipinski definition) is 4. The van der Waals surface area contributed by atoms with E-state index in [1.807, 2.05) is 0 Å². The van der Waals surface area contributed by atoms with Crippen molar-refractivity contribution in [3.8, 4) is 11.5 Å². The van der Waals surface area contributed by atoms with Crippen molar-refractivity contribution in [2.24, 2.45) is 4.99 Å². The van der Waals surface area contributed by atoms with Gasteiger partial charge in [-0.05, 0) is 62.1 Å². The molecule has 0 bridgehead atoms. The van der Waals surface area contributed by atoms with Crippen molar-refractivity contribution in [2.45, 2.75) is 38.9 Å². The van der Waals surface area contributed by atoms with Gasteiger partial charge in [0.2, 0.25) is 0 Å². The van der Waals surface area contributed by atoms with Gasteiger partial charge in [-0.3, -0.25) is 4.99 Å². The second kappa shape index (κ2) is 9.43. The molecule has 1 aliphatic heterocycles. The van der Waals surface area contributed by atoms with Crippen LogP contribution in [0.25, 0.3) is 0 Å². The minimum Gasteiger partial charge on any atom is -0.455 e. The smallest absolute Gasteiger partial charge is 0.416 e.